The molecular formula is C19H21NO4. The van der Waals surface area contributed by atoms with Gasteiger partial charge >= 0.3 is 0 Å². The lowest BCUT2D eigenvalue weighted by Crippen LogP contribution is -2.26. The van der Waals surface area contributed by atoms with Crippen LogP contribution >= 0.6 is 0 Å². The molecule has 0 amide bonds. The number of ether oxygens (including phenoxy) is 1. The van der Waals surface area contributed by atoms with Crippen LogP contribution in [0, 0.1) is 0 Å². The van der Waals surface area contributed by atoms with Crippen molar-refractivity contribution in [3.8, 4) is 5.75 Å². The number of likely N-dealkylation sites (N-methyl/N-ethyl adjacent to an activating group) is 1. The minimum Gasteiger partial charge on any atom is -0.497 e. The third kappa shape index (κ3) is 3.27. The first-order valence-corrected chi connectivity index (χ1v) is 7.88. The summed E-state index contributed by atoms with van der Waals surface area (Å²) in [6.07, 6.45) is -0.389. The van der Waals surface area contributed by atoms with Crippen molar-refractivity contribution in [3.63, 3.8) is 0 Å². The van der Waals surface area contributed by atoms with E-state index >= 15 is 0 Å². The van der Waals surface area contributed by atoms with Gasteiger partial charge in [0.05, 0.1) is 24.0 Å². The van der Waals surface area contributed by atoms with Crippen molar-refractivity contribution in [1.29, 1.82) is 0 Å². The molecular weight excluding hydrogens is 306 g/mol. The third-order valence-corrected chi connectivity index (χ3v) is 3.97. The molecule has 2 aromatic carbocycles. The summed E-state index contributed by atoms with van der Waals surface area (Å²) in [6, 6.07) is 10.8. The van der Waals surface area contributed by atoms with E-state index in [1.807, 2.05) is 30.1 Å². The van der Waals surface area contributed by atoms with Gasteiger partial charge in [-0.3, -0.25) is 9.69 Å². The van der Waals surface area contributed by atoms with E-state index in [1.54, 1.807) is 32.2 Å². The van der Waals surface area contributed by atoms with Gasteiger partial charge in [0.1, 0.15) is 16.9 Å². The minimum atomic E-state index is -0.389. The molecule has 3 aromatic rings. The summed E-state index contributed by atoms with van der Waals surface area (Å²) in [5.74, 6) is 0.654. The van der Waals surface area contributed by atoms with Gasteiger partial charge in [-0.15, -0.1) is 0 Å². The Bertz CT molecular complexity index is 930. The molecule has 1 heterocycles. The molecule has 1 atom stereocenters. The zero-order valence-electron chi connectivity index (χ0n) is 14.1. The van der Waals surface area contributed by atoms with Gasteiger partial charge in [-0.1, -0.05) is 6.07 Å². The first-order valence-electron chi connectivity index (χ1n) is 7.88. The van der Waals surface area contributed by atoms with E-state index < -0.39 is 0 Å². The van der Waals surface area contributed by atoms with E-state index in [4.69, 9.17) is 9.15 Å². The van der Waals surface area contributed by atoms with Crippen LogP contribution < -0.4 is 10.2 Å². The molecule has 5 heteroatoms. The van der Waals surface area contributed by atoms with Crippen LogP contribution in [0.1, 0.15) is 12.5 Å². The zero-order valence-corrected chi connectivity index (χ0v) is 14.1. The zero-order chi connectivity index (χ0) is 17.3. The van der Waals surface area contributed by atoms with Gasteiger partial charge in [-0.2, -0.15) is 0 Å². The average molecular weight is 327 g/mol. The molecule has 0 aliphatic rings. The normalized spacial score (nSPS) is 12.9. The topological polar surface area (TPSA) is 62.9 Å². The van der Waals surface area contributed by atoms with Crippen LogP contribution in [0.25, 0.3) is 21.9 Å². The highest BCUT2D eigenvalue weighted by atomic mass is 16.5. The summed E-state index contributed by atoms with van der Waals surface area (Å²) in [7, 11) is 3.52. The van der Waals surface area contributed by atoms with Crippen molar-refractivity contribution in [2.24, 2.45) is 0 Å². The van der Waals surface area contributed by atoms with Gasteiger partial charge in [0, 0.05) is 19.2 Å². The predicted octanol–water partition coefficient (Wildman–Crippen LogP) is 2.77. The van der Waals surface area contributed by atoms with Crippen molar-refractivity contribution in [1.82, 2.24) is 4.90 Å². The van der Waals surface area contributed by atoms with Gasteiger partial charge in [0.2, 0.25) is 5.43 Å². The highest BCUT2D eigenvalue weighted by Gasteiger charge is 2.11. The van der Waals surface area contributed by atoms with E-state index in [-0.39, 0.29) is 11.5 Å². The fourth-order valence-corrected chi connectivity index (χ4v) is 2.93. The van der Waals surface area contributed by atoms with E-state index in [1.165, 1.54) is 0 Å². The van der Waals surface area contributed by atoms with Gasteiger partial charge in [-0.05, 0) is 43.8 Å². The number of nitrogens with zero attached hydrogens (tertiary/aromatic N) is 1. The Morgan fingerprint density at radius 2 is 1.96 bits per heavy atom. The second-order valence-electron chi connectivity index (χ2n) is 6.17. The van der Waals surface area contributed by atoms with E-state index in [0.29, 0.717) is 40.8 Å². The molecule has 0 aliphatic carbocycles. The highest BCUT2D eigenvalue weighted by molar-refractivity contribution is 5.90. The van der Waals surface area contributed by atoms with Crippen LogP contribution in [0.4, 0.5) is 0 Å². The summed E-state index contributed by atoms with van der Waals surface area (Å²) in [4.78, 5) is 14.8. The summed E-state index contributed by atoms with van der Waals surface area (Å²) < 4.78 is 11.0. The van der Waals surface area contributed by atoms with Crippen LogP contribution in [-0.4, -0.2) is 36.8 Å². The number of methoxy groups -OCH3 is 1. The Morgan fingerprint density at radius 1 is 1.17 bits per heavy atom. The molecule has 1 N–H and O–H groups in total. The lowest BCUT2D eigenvalue weighted by molar-refractivity contribution is 0.138. The van der Waals surface area contributed by atoms with Gasteiger partial charge in [0.25, 0.3) is 0 Å². The molecule has 0 spiro atoms. The lowest BCUT2D eigenvalue weighted by Gasteiger charge is -2.18. The summed E-state index contributed by atoms with van der Waals surface area (Å²) in [6.45, 7) is 2.98. The fourth-order valence-electron chi connectivity index (χ4n) is 2.93. The highest BCUT2D eigenvalue weighted by Crippen LogP contribution is 2.23. The molecule has 1 unspecified atom stereocenters. The predicted molar refractivity (Wildman–Crippen MR) is 94.6 cm³/mol. The molecule has 0 radical (unpaired) electrons. The molecule has 1 aromatic heterocycles. The SMILES string of the molecule is COc1ccc2c(=O)c3cc(CN(C)CC(C)O)ccc3oc2c1. The number of aliphatic hydroxyl groups is 1. The smallest absolute Gasteiger partial charge is 0.200 e. The van der Waals surface area contributed by atoms with Gasteiger partial charge < -0.3 is 14.3 Å². The van der Waals surface area contributed by atoms with Crippen LogP contribution in [0.2, 0.25) is 0 Å². The largest absolute Gasteiger partial charge is 0.497 e. The van der Waals surface area contributed by atoms with E-state index in [9.17, 15) is 9.90 Å². The number of aliphatic hydroxyl groups excluding tert-OH is 1. The number of hydrogen-bond acceptors (Lipinski definition) is 5. The first-order chi connectivity index (χ1) is 11.5. The van der Waals surface area contributed by atoms with Crippen molar-refractivity contribution in [3.05, 3.63) is 52.2 Å². The molecule has 0 aliphatic heterocycles. The number of hydrogen-bond donors (Lipinski definition) is 1. The van der Waals surface area contributed by atoms with Crippen molar-refractivity contribution in [2.45, 2.75) is 19.6 Å². The standard InChI is InChI=1S/C19H21NO4/c1-12(21)10-20(2)11-13-4-7-17-16(8-13)19(22)15-6-5-14(23-3)9-18(15)24-17/h4-9,12,21H,10-11H2,1-3H3. The summed E-state index contributed by atoms with van der Waals surface area (Å²) in [5.41, 5.74) is 2.04. The minimum absolute atomic E-state index is 0.0473. The van der Waals surface area contributed by atoms with Crippen LogP contribution in [-0.2, 0) is 6.54 Å². The number of rotatable bonds is 5. The van der Waals surface area contributed by atoms with Crippen LogP contribution in [0.5, 0.6) is 5.75 Å². The molecule has 3 rings (SSSR count). The Kier molecular flexibility index (Phi) is 4.55. The van der Waals surface area contributed by atoms with Crippen LogP contribution in [0.3, 0.4) is 0 Å². The number of fused-ring (bicyclic) bond motifs is 2. The maximum Gasteiger partial charge on any atom is 0.200 e. The Balaban J connectivity index is 2.04. The maximum absolute atomic E-state index is 12.7. The second kappa shape index (κ2) is 6.63. The molecule has 5 nitrogen and oxygen atoms in total. The fraction of sp³-hybridized carbons (Fsp3) is 0.316. The van der Waals surface area contributed by atoms with Gasteiger partial charge in [-0.25, -0.2) is 0 Å². The van der Waals surface area contributed by atoms with Crippen molar-refractivity contribution >= 4 is 21.9 Å². The monoisotopic (exact) mass is 327 g/mol. The second-order valence-corrected chi connectivity index (χ2v) is 6.17. The van der Waals surface area contributed by atoms with Crippen molar-refractivity contribution < 1.29 is 14.3 Å². The lowest BCUT2D eigenvalue weighted by atomic mass is 10.1. The molecule has 24 heavy (non-hydrogen) atoms. The first kappa shape index (κ1) is 16.5. The molecule has 0 saturated heterocycles. The van der Waals surface area contributed by atoms with E-state index in [2.05, 4.69) is 0 Å². The average Bonchev–Trinajstić information content (AvgIpc) is 2.54. The Morgan fingerprint density at radius 3 is 2.67 bits per heavy atom. The summed E-state index contributed by atoms with van der Waals surface area (Å²) >= 11 is 0. The third-order valence-electron chi connectivity index (χ3n) is 3.97. The van der Waals surface area contributed by atoms with E-state index in [0.717, 1.165) is 5.56 Å². The summed E-state index contributed by atoms with van der Waals surface area (Å²) in [5, 5.41) is 10.6. The van der Waals surface area contributed by atoms with Crippen molar-refractivity contribution in [2.75, 3.05) is 20.7 Å². The Hall–Kier alpha value is -2.37. The van der Waals surface area contributed by atoms with Crippen LogP contribution in [0.15, 0.2) is 45.6 Å². The molecule has 126 valence electrons. The molecule has 0 bridgehead atoms. The molecule has 0 saturated carbocycles. The molecule has 0 fully saturated rings. The maximum atomic E-state index is 12.7. The van der Waals surface area contributed by atoms with Gasteiger partial charge in [0.15, 0.2) is 0 Å². The quantitative estimate of drug-likeness (QED) is 0.730. The number of benzene rings is 2. The Labute approximate surface area is 140 Å².